The molecule has 1 aromatic carbocycles. The molecule has 1 N–H and O–H groups in total. The average molecular weight is 284 g/mol. The van der Waals surface area contributed by atoms with Gasteiger partial charge in [0.2, 0.25) is 0 Å². The van der Waals surface area contributed by atoms with E-state index in [1.807, 2.05) is 30.8 Å². The van der Waals surface area contributed by atoms with Crippen LogP contribution in [0.2, 0.25) is 0 Å². The Morgan fingerprint density at radius 1 is 1.33 bits per heavy atom. The molecular weight excluding hydrogens is 268 g/mol. The van der Waals surface area contributed by atoms with Crippen LogP contribution in [-0.2, 0) is 20.0 Å². The Morgan fingerprint density at radius 3 is 2.76 bits per heavy atom. The molecule has 0 unspecified atom stereocenters. The Morgan fingerprint density at radius 2 is 2.14 bits per heavy atom. The van der Waals surface area contributed by atoms with E-state index in [1.165, 1.54) is 0 Å². The van der Waals surface area contributed by atoms with Gasteiger partial charge in [-0.05, 0) is 18.2 Å². The zero-order chi connectivity index (χ0) is 15.0. The second-order valence-corrected chi connectivity index (χ2v) is 4.89. The number of fused-ring (bicyclic) bond motifs is 1. The van der Waals surface area contributed by atoms with Crippen molar-refractivity contribution in [2.45, 2.75) is 19.9 Å². The summed E-state index contributed by atoms with van der Waals surface area (Å²) in [7, 11) is 1.89. The van der Waals surface area contributed by atoms with Gasteiger partial charge in [-0.15, -0.1) is 0 Å². The number of aromatic nitrogens is 4. The molecular formula is C15H16N4O2. The van der Waals surface area contributed by atoms with Crippen molar-refractivity contribution in [3.8, 4) is 0 Å². The van der Waals surface area contributed by atoms with E-state index < -0.39 is 5.97 Å². The maximum absolute atomic E-state index is 11.3. The molecule has 0 saturated carbocycles. The first-order chi connectivity index (χ1) is 10.1. The highest BCUT2D eigenvalue weighted by atomic mass is 16.4. The number of carboxylic acids is 1. The van der Waals surface area contributed by atoms with Gasteiger partial charge in [-0.25, -0.2) is 9.78 Å². The molecule has 0 bridgehead atoms. The molecule has 108 valence electrons. The molecule has 0 amide bonds. The van der Waals surface area contributed by atoms with Gasteiger partial charge in [0.05, 0.1) is 23.3 Å². The van der Waals surface area contributed by atoms with E-state index in [0.29, 0.717) is 12.1 Å². The van der Waals surface area contributed by atoms with Crippen LogP contribution in [0, 0.1) is 0 Å². The summed E-state index contributed by atoms with van der Waals surface area (Å²) in [5, 5.41) is 13.5. The smallest absolute Gasteiger partial charge is 0.337 e. The number of para-hydroxylation sites is 1. The van der Waals surface area contributed by atoms with E-state index in [-0.39, 0.29) is 5.56 Å². The van der Waals surface area contributed by atoms with Gasteiger partial charge < -0.3 is 9.67 Å². The van der Waals surface area contributed by atoms with Crippen molar-refractivity contribution in [1.29, 1.82) is 0 Å². The highest BCUT2D eigenvalue weighted by Gasteiger charge is 2.16. The van der Waals surface area contributed by atoms with Gasteiger partial charge in [0.15, 0.2) is 0 Å². The lowest BCUT2D eigenvalue weighted by atomic mass is 10.2. The second kappa shape index (κ2) is 5.05. The number of carbonyl (C=O) groups is 1. The molecule has 6 nitrogen and oxygen atoms in total. The van der Waals surface area contributed by atoms with Crippen LogP contribution < -0.4 is 0 Å². The van der Waals surface area contributed by atoms with Gasteiger partial charge in [-0.3, -0.25) is 4.68 Å². The summed E-state index contributed by atoms with van der Waals surface area (Å²) in [4.78, 5) is 15.8. The van der Waals surface area contributed by atoms with Crippen LogP contribution in [0.1, 0.15) is 28.8 Å². The van der Waals surface area contributed by atoms with Gasteiger partial charge >= 0.3 is 5.97 Å². The minimum Gasteiger partial charge on any atom is -0.478 e. The highest BCUT2D eigenvalue weighted by Crippen LogP contribution is 2.22. The molecule has 0 spiro atoms. The van der Waals surface area contributed by atoms with Crippen molar-refractivity contribution < 1.29 is 9.90 Å². The fourth-order valence-corrected chi connectivity index (χ4v) is 2.53. The number of benzene rings is 1. The summed E-state index contributed by atoms with van der Waals surface area (Å²) in [6, 6.07) is 7.20. The van der Waals surface area contributed by atoms with Crippen molar-refractivity contribution in [2.24, 2.45) is 7.05 Å². The molecule has 0 aliphatic heterocycles. The lowest BCUT2D eigenvalue weighted by Crippen LogP contribution is -2.08. The predicted molar refractivity (Wildman–Crippen MR) is 78.4 cm³/mol. The van der Waals surface area contributed by atoms with E-state index in [4.69, 9.17) is 0 Å². The third-order valence-electron chi connectivity index (χ3n) is 3.65. The molecule has 3 rings (SSSR count). The van der Waals surface area contributed by atoms with Crippen LogP contribution in [0.5, 0.6) is 0 Å². The first-order valence-corrected chi connectivity index (χ1v) is 6.80. The van der Waals surface area contributed by atoms with Crippen LogP contribution in [0.4, 0.5) is 0 Å². The fraction of sp³-hybridized carbons (Fsp3) is 0.267. The monoisotopic (exact) mass is 284 g/mol. The number of aryl methyl sites for hydroxylation is 2. The van der Waals surface area contributed by atoms with Gasteiger partial charge in [0.1, 0.15) is 11.3 Å². The SMILES string of the molecule is CCc1nc2c(C(=O)O)cccc2n1Cc1ccnn1C. The number of aromatic carboxylic acids is 1. The van der Waals surface area contributed by atoms with E-state index >= 15 is 0 Å². The minimum absolute atomic E-state index is 0.242. The van der Waals surface area contributed by atoms with Crippen LogP contribution in [0.25, 0.3) is 11.0 Å². The number of hydrogen-bond acceptors (Lipinski definition) is 3. The van der Waals surface area contributed by atoms with Crippen LogP contribution in [0.15, 0.2) is 30.5 Å². The average Bonchev–Trinajstić information content (AvgIpc) is 3.03. The molecule has 0 aliphatic rings. The molecule has 0 aliphatic carbocycles. The van der Waals surface area contributed by atoms with Crippen molar-refractivity contribution in [3.05, 3.63) is 47.5 Å². The lowest BCUT2D eigenvalue weighted by Gasteiger charge is -2.08. The lowest BCUT2D eigenvalue weighted by molar-refractivity contribution is 0.0699. The standard InChI is InChI=1S/C15H16N4O2/c1-3-13-17-14-11(15(20)21)5-4-6-12(14)19(13)9-10-7-8-16-18(10)2/h4-8H,3,9H2,1-2H3,(H,20,21). The molecule has 0 radical (unpaired) electrons. The summed E-state index contributed by atoms with van der Waals surface area (Å²) in [5.41, 5.74) is 2.67. The molecule has 2 aromatic heterocycles. The van der Waals surface area contributed by atoms with E-state index in [2.05, 4.69) is 14.6 Å². The number of hydrogen-bond donors (Lipinski definition) is 1. The first kappa shape index (κ1) is 13.4. The third-order valence-corrected chi connectivity index (χ3v) is 3.65. The van der Waals surface area contributed by atoms with E-state index in [1.54, 1.807) is 18.3 Å². The fourth-order valence-electron chi connectivity index (χ4n) is 2.53. The molecule has 2 heterocycles. The van der Waals surface area contributed by atoms with Gasteiger partial charge in [0, 0.05) is 19.7 Å². The van der Waals surface area contributed by atoms with Crippen molar-refractivity contribution >= 4 is 17.0 Å². The van der Waals surface area contributed by atoms with Crippen molar-refractivity contribution in [3.63, 3.8) is 0 Å². The minimum atomic E-state index is -0.951. The number of nitrogens with zero attached hydrogens (tertiary/aromatic N) is 4. The highest BCUT2D eigenvalue weighted by molar-refractivity contribution is 6.01. The molecule has 0 fully saturated rings. The Hall–Kier alpha value is -2.63. The number of carboxylic acid groups (broad SMARTS) is 1. The largest absolute Gasteiger partial charge is 0.478 e. The Kier molecular flexibility index (Phi) is 3.21. The van der Waals surface area contributed by atoms with Gasteiger partial charge in [-0.2, -0.15) is 5.10 Å². The topological polar surface area (TPSA) is 72.9 Å². The number of imidazole rings is 1. The van der Waals surface area contributed by atoms with E-state index in [0.717, 1.165) is 23.5 Å². The van der Waals surface area contributed by atoms with Gasteiger partial charge in [0.25, 0.3) is 0 Å². The maximum Gasteiger partial charge on any atom is 0.337 e. The first-order valence-electron chi connectivity index (χ1n) is 6.80. The summed E-state index contributed by atoms with van der Waals surface area (Å²) in [5.74, 6) is -0.0756. The molecule has 6 heteroatoms. The molecule has 3 aromatic rings. The zero-order valence-corrected chi connectivity index (χ0v) is 11.9. The molecule has 0 saturated heterocycles. The van der Waals surface area contributed by atoms with Crippen molar-refractivity contribution in [1.82, 2.24) is 19.3 Å². The summed E-state index contributed by atoms with van der Waals surface area (Å²) < 4.78 is 3.87. The molecule has 0 atom stereocenters. The van der Waals surface area contributed by atoms with E-state index in [9.17, 15) is 9.90 Å². The van der Waals surface area contributed by atoms with Gasteiger partial charge in [-0.1, -0.05) is 13.0 Å². The Balaban J connectivity index is 2.19. The summed E-state index contributed by atoms with van der Waals surface area (Å²) >= 11 is 0. The quantitative estimate of drug-likeness (QED) is 0.796. The second-order valence-electron chi connectivity index (χ2n) is 4.89. The van der Waals surface area contributed by atoms with Crippen molar-refractivity contribution in [2.75, 3.05) is 0 Å². The summed E-state index contributed by atoms with van der Waals surface area (Å²) in [6.07, 6.45) is 2.49. The Labute approximate surface area is 121 Å². The Bertz CT molecular complexity index is 816. The van der Waals surface area contributed by atoms with Crippen LogP contribution >= 0.6 is 0 Å². The normalized spacial score (nSPS) is 11.1. The predicted octanol–water partition coefficient (Wildman–Crippen LogP) is 2.08. The number of rotatable bonds is 4. The molecule has 21 heavy (non-hydrogen) atoms. The zero-order valence-electron chi connectivity index (χ0n) is 11.9. The maximum atomic E-state index is 11.3. The van der Waals surface area contributed by atoms with Crippen LogP contribution in [-0.4, -0.2) is 30.4 Å². The third kappa shape index (κ3) is 2.18. The van der Waals surface area contributed by atoms with Crippen LogP contribution in [0.3, 0.4) is 0 Å². The summed E-state index contributed by atoms with van der Waals surface area (Å²) in [6.45, 7) is 2.64.